The molecule has 0 aliphatic heterocycles. The smallest absolute Gasteiger partial charge is 0.223 e. The van der Waals surface area contributed by atoms with Gasteiger partial charge in [-0.25, -0.2) is 0 Å². The highest BCUT2D eigenvalue weighted by Gasteiger charge is 2.25. The fourth-order valence-corrected chi connectivity index (χ4v) is 2.93. The van der Waals surface area contributed by atoms with Crippen LogP contribution in [-0.4, -0.2) is 29.3 Å². The number of rotatable bonds is 6. The highest BCUT2D eigenvalue weighted by molar-refractivity contribution is 6.30. The molecular formula is C17H20ClN3O2. The molecule has 0 fully saturated rings. The molecule has 6 heteroatoms. The number of aromatic nitrogens is 2. The van der Waals surface area contributed by atoms with Crippen molar-refractivity contribution in [3.8, 4) is 0 Å². The zero-order valence-corrected chi connectivity index (χ0v) is 13.6. The summed E-state index contributed by atoms with van der Waals surface area (Å²) in [4.78, 5) is 12.2. The van der Waals surface area contributed by atoms with E-state index in [1.807, 2.05) is 30.5 Å². The van der Waals surface area contributed by atoms with Crippen LogP contribution < -0.4 is 5.32 Å². The molecule has 1 atom stereocenters. The minimum absolute atomic E-state index is 0.0383. The Morgan fingerprint density at radius 2 is 2.22 bits per heavy atom. The van der Waals surface area contributed by atoms with E-state index in [1.165, 1.54) is 5.69 Å². The second kappa shape index (κ2) is 7.62. The fourth-order valence-electron chi connectivity index (χ4n) is 2.80. The van der Waals surface area contributed by atoms with Gasteiger partial charge in [0.1, 0.15) is 0 Å². The summed E-state index contributed by atoms with van der Waals surface area (Å²) in [6.07, 6.45) is 4.35. The molecule has 1 aromatic carbocycles. The largest absolute Gasteiger partial charge is 0.375 e. The summed E-state index contributed by atoms with van der Waals surface area (Å²) in [5, 5.41) is 10.7. The van der Waals surface area contributed by atoms with Crippen molar-refractivity contribution in [2.75, 3.05) is 13.2 Å². The Morgan fingerprint density at radius 1 is 1.39 bits per heavy atom. The number of carbonyl (C=O) groups is 1. The van der Waals surface area contributed by atoms with E-state index in [4.69, 9.17) is 16.3 Å². The monoisotopic (exact) mass is 333 g/mol. The number of hydrogen-bond acceptors (Lipinski definition) is 3. The average Bonchev–Trinajstić information content (AvgIpc) is 3.03. The van der Waals surface area contributed by atoms with Crippen molar-refractivity contribution in [3.63, 3.8) is 0 Å². The van der Waals surface area contributed by atoms with Gasteiger partial charge < -0.3 is 10.1 Å². The molecule has 23 heavy (non-hydrogen) atoms. The van der Waals surface area contributed by atoms with Gasteiger partial charge in [0.15, 0.2) is 0 Å². The van der Waals surface area contributed by atoms with E-state index < -0.39 is 0 Å². The first-order valence-electron chi connectivity index (χ1n) is 7.83. The number of benzene rings is 1. The predicted octanol–water partition coefficient (Wildman–Crippen LogP) is 2.50. The average molecular weight is 334 g/mol. The molecule has 2 N–H and O–H groups in total. The van der Waals surface area contributed by atoms with E-state index in [0.717, 1.165) is 30.4 Å². The van der Waals surface area contributed by atoms with Crippen molar-refractivity contribution in [2.24, 2.45) is 5.92 Å². The van der Waals surface area contributed by atoms with Gasteiger partial charge in [0.25, 0.3) is 0 Å². The van der Waals surface area contributed by atoms with E-state index in [2.05, 4.69) is 15.5 Å². The maximum Gasteiger partial charge on any atom is 0.223 e. The Bertz CT molecular complexity index is 654. The summed E-state index contributed by atoms with van der Waals surface area (Å²) in [5.41, 5.74) is 3.40. The molecule has 5 nitrogen and oxygen atoms in total. The van der Waals surface area contributed by atoms with E-state index >= 15 is 0 Å². The van der Waals surface area contributed by atoms with Gasteiger partial charge in [-0.15, -0.1) is 0 Å². The lowest BCUT2D eigenvalue weighted by molar-refractivity contribution is -0.125. The number of nitrogens with one attached hydrogen (secondary N) is 2. The Hall–Kier alpha value is -1.85. The molecule has 1 aliphatic rings. The number of amides is 1. The van der Waals surface area contributed by atoms with Crippen molar-refractivity contribution in [2.45, 2.75) is 25.9 Å². The standard InChI is InChI=1S/C17H20ClN3O2/c18-15-4-1-12(2-5-15)11-23-8-7-19-17(22)13-3-6-16-14(9-13)10-20-21-16/h1-2,4-5,10,13H,3,6-9,11H2,(H,19,22)(H,20,21)/t13-/m0/s1. The summed E-state index contributed by atoms with van der Waals surface area (Å²) >= 11 is 5.83. The number of hydrogen-bond donors (Lipinski definition) is 2. The number of fused-ring (bicyclic) bond motifs is 1. The summed E-state index contributed by atoms with van der Waals surface area (Å²) < 4.78 is 5.57. The zero-order chi connectivity index (χ0) is 16.1. The molecular weight excluding hydrogens is 314 g/mol. The first kappa shape index (κ1) is 16.0. The van der Waals surface area contributed by atoms with Gasteiger partial charge in [-0.3, -0.25) is 9.89 Å². The quantitative estimate of drug-likeness (QED) is 0.798. The third-order valence-corrected chi connectivity index (χ3v) is 4.37. The summed E-state index contributed by atoms with van der Waals surface area (Å²) in [5.74, 6) is 0.142. The van der Waals surface area contributed by atoms with Gasteiger partial charge in [-0.1, -0.05) is 23.7 Å². The van der Waals surface area contributed by atoms with Crippen LogP contribution in [0.4, 0.5) is 0 Å². The summed E-state index contributed by atoms with van der Waals surface area (Å²) in [6.45, 7) is 1.55. The van der Waals surface area contributed by atoms with E-state index in [0.29, 0.717) is 24.8 Å². The molecule has 0 saturated carbocycles. The maximum absolute atomic E-state index is 12.2. The van der Waals surface area contributed by atoms with Gasteiger partial charge in [0, 0.05) is 23.2 Å². The fraction of sp³-hybridized carbons (Fsp3) is 0.412. The van der Waals surface area contributed by atoms with Gasteiger partial charge in [0.05, 0.1) is 19.4 Å². The van der Waals surface area contributed by atoms with E-state index in [9.17, 15) is 4.79 Å². The number of nitrogens with zero attached hydrogens (tertiary/aromatic N) is 1. The molecule has 122 valence electrons. The van der Waals surface area contributed by atoms with Gasteiger partial charge in [0.2, 0.25) is 5.91 Å². The number of H-pyrrole nitrogens is 1. The SMILES string of the molecule is O=C(NCCOCc1ccc(Cl)cc1)[C@H]1CCc2[nH]ncc2C1. The van der Waals surface area contributed by atoms with Crippen molar-refractivity contribution in [3.05, 3.63) is 52.3 Å². The van der Waals surface area contributed by atoms with Crippen molar-refractivity contribution in [1.82, 2.24) is 15.5 Å². The van der Waals surface area contributed by atoms with Crippen LogP contribution in [0.2, 0.25) is 5.02 Å². The number of ether oxygens (including phenoxy) is 1. The van der Waals surface area contributed by atoms with Crippen LogP contribution in [0.3, 0.4) is 0 Å². The van der Waals surface area contributed by atoms with Crippen LogP contribution in [0.15, 0.2) is 30.5 Å². The van der Waals surface area contributed by atoms with Gasteiger partial charge in [-0.2, -0.15) is 5.10 Å². The van der Waals surface area contributed by atoms with Crippen molar-refractivity contribution >= 4 is 17.5 Å². The molecule has 0 bridgehead atoms. The molecule has 0 unspecified atom stereocenters. The zero-order valence-electron chi connectivity index (χ0n) is 12.8. The Kier molecular flexibility index (Phi) is 5.31. The van der Waals surface area contributed by atoms with Gasteiger partial charge in [-0.05, 0) is 42.5 Å². The number of aryl methyl sites for hydroxylation is 1. The molecule has 1 aliphatic carbocycles. The maximum atomic E-state index is 12.2. The summed E-state index contributed by atoms with van der Waals surface area (Å²) in [6, 6.07) is 7.56. The number of aromatic amines is 1. The Labute approximate surface area is 140 Å². The lowest BCUT2D eigenvalue weighted by Gasteiger charge is -2.20. The molecule has 1 heterocycles. The number of halogens is 1. The van der Waals surface area contributed by atoms with E-state index in [-0.39, 0.29) is 11.8 Å². The predicted molar refractivity (Wildman–Crippen MR) is 88.2 cm³/mol. The molecule has 1 aromatic heterocycles. The molecule has 0 saturated heterocycles. The molecule has 0 spiro atoms. The second-order valence-corrected chi connectivity index (χ2v) is 6.22. The molecule has 2 aromatic rings. The molecule has 1 amide bonds. The van der Waals surface area contributed by atoms with Crippen molar-refractivity contribution < 1.29 is 9.53 Å². The third kappa shape index (κ3) is 4.33. The van der Waals surface area contributed by atoms with Crippen LogP contribution in [0, 0.1) is 5.92 Å². The van der Waals surface area contributed by atoms with Crippen LogP contribution in [0.1, 0.15) is 23.2 Å². The molecule has 0 radical (unpaired) electrons. The Morgan fingerprint density at radius 3 is 3.04 bits per heavy atom. The van der Waals surface area contributed by atoms with Crippen LogP contribution in [0.5, 0.6) is 0 Å². The van der Waals surface area contributed by atoms with Crippen LogP contribution in [-0.2, 0) is 29.0 Å². The van der Waals surface area contributed by atoms with Crippen LogP contribution >= 0.6 is 11.6 Å². The minimum atomic E-state index is 0.0383. The van der Waals surface area contributed by atoms with Crippen molar-refractivity contribution in [1.29, 1.82) is 0 Å². The topological polar surface area (TPSA) is 67.0 Å². The lowest BCUT2D eigenvalue weighted by Crippen LogP contribution is -2.35. The lowest BCUT2D eigenvalue weighted by atomic mass is 9.87. The summed E-state index contributed by atoms with van der Waals surface area (Å²) in [7, 11) is 0. The normalized spacial score (nSPS) is 16.8. The number of carbonyl (C=O) groups excluding carboxylic acids is 1. The molecule has 3 rings (SSSR count). The Balaban J connectivity index is 1.34. The second-order valence-electron chi connectivity index (χ2n) is 5.78. The van der Waals surface area contributed by atoms with Gasteiger partial charge >= 0.3 is 0 Å². The first-order valence-corrected chi connectivity index (χ1v) is 8.21. The highest BCUT2D eigenvalue weighted by Crippen LogP contribution is 2.23. The van der Waals surface area contributed by atoms with E-state index in [1.54, 1.807) is 0 Å². The van der Waals surface area contributed by atoms with Crippen LogP contribution in [0.25, 0.3) is 0 Å². The third-order valence-electron chi connectivity index (χ3n) is 4.12. The highest BCUT2D eigenvalue weighted by atomic mass is 35.5. The first-order chi connectivity index (χ1) is 11.2. The minimum Gasteiger partial charge on any atom is -0.375 e.